The molecule has 24 heavy (non-hydrogen) atoms. The van der Waals surface area contributed by atoms with Crippen LogP contribution in [-0.4, -0.2) is 50.5 Å². The molecule has 0 bridgehead atoms. The van der Waals surface area contributed by atoms with Gasteiger partial charge in [0.2, 0.25) is 15.7 Å². The van der Waals surface area contributed by atoms with Gasteiger partial charge in [-0.05, 0) is 37.1 Å². The van der Waals surface area contributed by atoms with Crippen molar-refractivity contribution in [2.75, 3.05) is 19.6 Å². The molecule has 0 unspecified atom stereocenters. The van der Waals surface area contributed by atoms with Crippen molar-refractivity contribution in [3.63, 3.8) is 0 Å². The topological polar surface area (TPSA) is 83.6 Å². The fraction of sp³-hybridized carbons (Fsp3) is 0.467. The zero-order chi connectivity index (χ0) is 17.7. The lowest BCUT2D eigenvalue weighted by atomic mass is 10.2. The number of benzene rings is 1. The predicted octanol–water partition coefficient (Wildman–Crippen LogP) is 1.43. The van der Waals surface area contributed by atoms with Gasteiger partial charge >= 0.3 is 5.76 Å². The Balaban J connectivity index is 1.83. The molecular weight excluding hydrogens is 342 g/mol. The molecule has 1 fully saturated rings. The highest BCUT2D eigenvalue weighted by molar-refractivity contribution is 7.91. The third kappa shape index (κ3) is 4.28. The molecule has 1 aromatic carbocycles. The van der Waals surface area contributed by atoms with Gasteiger partial charge in [-0.3, -0.25) is 9.59 Å². The standard InChI is InChI=1S/C15H18F2N2O4S/c16-15(17)24(22,23)12-6-4-11(5-7-12)14(21)18-8-2-10-19-9-1-3-13(19)20/h4-7,15H,1-3,8-10H2,(H,18,21). The second-order valence-corrected chi connectivity index (χ2v) is 7.34. The van der Waals surface area contributed by atoms with Crippen LogP contribution in [0.4, 0.5) is 8.78 Å². The number of alkyl halides is 2. The van der Waals surface area contributed by atoms with Crippen LogP contribution in [0.3, 0.4) is 0 Å². The average Bonchev–Trinajstić information content (AvgIpc) is 2.96. The Morgan fingerprint density at radius 3 is 2.46 bits per heavy atom. The highest BCUT2D eigenvalue weighted by atomic mass is 32.2. The van der Waals surface area contributed by atoms with Gasteiger partial charge in [0.1, 0.15) is 0 Å². The van der Waals surface area contributed by atoms with Crippen LogP contribution in [0.25, 0.3) is 0 Å². The molecule has 1 aliphatic heterocycles. The van der Waals surface area contributed by atoms with Crippen molar-refractivity contribution < 1.29 is 26.8 Å². The van der Waals surface area contributed by atoms with Gasteiger partial charge in [0.05, 0.1) is 4.90 Å². The second-order valence-electron chi connectivity index (χ2n) is 5.42. The minimum absolute atomic E-state index is 0.122. The van der Waals surface area contributed by atoms with Gasteiger partial charge in [-0.15, -0.1) is 0 Å². The summed E-state index contributed by atoms with van der Waals surface area (Å²) < 4.78 is 47.4. The van der Waals surface area contributed by atoms with Gasteiger partial charge in [0, 0.05) is 31.6 Å². The van der Waals surface area contributed by atoms with Crippen molar-refractivity contribution >= 4 is 21.7 Å². The Morgan fingerprint density at radius 2 is 1.92 bits per heavy atom. The molecule has 132 valence electrons. The quantitative estimate of drug-likeness (QED) is 0.746. The first-order valence-electron chi connectivity index (χ1n) is 7.50. The molecule has 0 saturated carbocycles. The molecule has 1 N–H and O–H groups in total. The van der Waals surface area contributed by atoms with Crippen molar-refractivity contribution in [3.8, 4) is 0 Å². The van der Waals surface area contributed by atoms with Crippen molar-refractivity contribution in [2.45, 2.75) is 29.9 Å². The third-order valence-electron chi connectivity index (χ3n) is 3.74. The van der Waals surface area contributed by atoms with Crippen LogP contribution in [0.15, 0.2) is 29.2 Å². The number of nitrogens with one attached hydrogen (secondary N) is 1. The van der Waals surface area contributed by atoms with Crippen LogP contribution in [0.1, 0.15) is 29.6 Å². The van der Waals surface area contributed by atoms with E-state index in [2.05, 4.69) is 5.32 Å². The van der Waals surface area contributed by atoms with Gasteiger partial charge in [0.15, 0.2) is 0 Å². The summed E-state index contributed by atoms with van der Waals surface area (Å²) in [6.45, 7) is 1.68. The number of rotatable bonds is 7. The smallest absolute Gasteiger partial charge is 0.341 e. The number of sulfone groups is 1. The van der Waals surface area contributed by atoms with Gasteiger partial charge in [-0.2, -0.15) is 8.78 Å². The summed E-state index contributed by atoms with van der Waals surface area (Å²) in [7, 11) is -4.66. The molecule has 6 nitrogen and oxygen atoms in total. The molecule has 0 spiro atoms. The molecule has 9 heteroatoms. The normalized spacial score (nSPS) is 15.1. The molecule has 2 amide bonds. The lowest BCUT2D eigenvalue weighted by molar-refractivity contribution is -0.127. The fourth-order valence-corrected chi connectivity index (χ4v) is 3.13. The van der Waals surface area contributed by atoms with Gasteiger partial charge in [0.25, 0.3) is 5.91 Å². The first kappa shape index (κ1) is 18.3. The average molecular weight is 360 g/mol. The Bertz CT molecular complexity index is 705. The van der Waals surface area contributed by atoms with Crippen LogP contribution in [0.5, 0.6) is 0 Å². The lowest BCUT2D eigenvalue weighted by Crippen LogP contribution is -2.30. The summed E-state index contributed by atoms with van der Waals surface area (Å²) >= 11 is 0. The van der Waals surface area contributed by atoms with E-state index in [1.807, 2.05) is 0 Å². The zero-order valence-electron chi connectivity index (χ0n) is 12.9. The summed E-state index contributed by atoms with van der Waals surface area (Å²) in [5.74, 6) is -3.80. The Morgan fingerprint density at radius 1 is 1.25 bits per heavy atom. The van der Waals surface area contributed by atoms with Crippen molar-refractivity contribution in [2.24, 2.45) is 0 Å². The summed E-state index contributed by atoms with van der Waals surface area (Å²) in [5, 5.41) is 2.64. The minimum atomic E-state index is -4.66. The maximum Gasteiger partial charge on any atom is 0.341 e. The second kappa shape index (κ2) is 7.69. The number of carbonyl (C=O) groups is 2. The number of hydrogen-bond donors (Lipinski definition) is 1. The molecule has 1 aliphatic rings. The van der Waals surface area contributed by atoms with E-state index in [0.717, 1.165) is 25.1 Å². The molecule has 0 aliphatic carbocycles. The van der Waals surface area contributed by atoms with E-state index < -0.39 is 26.4 Å². The number of nitrogens with zero attached hydrogens (tertiary/aromatic N) is 1. The molecule has 1 aromatic rings. The molecule has 1 saturated heterocycles. The molecule has 2 rings (SSSR count). The van der Waals surface area contributed by atoms with E-state index in [1.165, 1.54) is 12.1 Å². The van der Waals surface area contributed by atoms with Crippen LogP contribution < -0.4 is 5.32 Å². The highest BCUT2D eigenvalue weighted by Crippen LogP contribution is 2.18. The number of hydrogen-bond acceptors (Lipinski definition) is 4. The Kier molecular flexibility index (Phi) is 5.87. The lowest BCUT2D eigenvalue weighted by Gasteiger charge is -2.15. The molecule has 0 radical (unpaired) electrons. The van der Waals surface area contributed by atoms with E-state index in [1.54, 1.807) is 4.90 Å². The summed E-state index contributed by atoms with van der Waals surface area (Å²) in [6, 6.07) is 4.35. The van der Waals surface area contributed by atoms with E-state index in [9.17, 15) is 26.8 Å². The summed E-state index contributed by atoms with van der Waals surface area (Å²) in [5.41, 5.74) is 0.181. The van der Waals surface area contributed by atoms with Crippen LogP contribution >= 0.6 is 0 Å². The SMILES string of the molecule is O=C(NCCCN1CCCC1=O)c1ccc(S(=O)(=O)C(F)F)cc1. The van der Waals surface area contributed by atoms with E-state index in [4.69, 9.17) is 0 Å². The maximum atomic E-state index is 12.4. The number of likely N-dealkylation sites (tertiary alicyclic amines) is 1. The first-order chi connectivity index (χ1) is 11.3. The molecule has 0 aromatic heterocycles. The molecule has 1 heterocycles. The molecule has 0 atom stereocenters. The van der Waals surface area contributed by atoms with Gasteiger partial charge < -0.3 is 10.2 Å². The monoisotopic (exact) mass is 360 g/mol. The molecular formula is C15H18F2N2O4S. The van der Waals surface area contributed by atoms with Crippen LogP contribution in [0.2, 0.25) is 0 Å². The van der Waals surface area contributed by atoms with Crippen molar-refractivity contribution in [1.29, 1.82) is 0 Å². The maximum absolute atomic E-state index is 12.4. The van der Waals surface area contributed by atoms with Gasteiger partial charge in [-0.25, -0.2) is 8.42 Å². The third-order valence-corrected chi connectivity index (χ3v) is 5.14. The van der Waals surface area contributed by atoms with Crippen LogP contribution in [-0.2, 0) is 14.6 Å². The number of amides is 2. The zero-order valence-corrected chi connectivity index (χ0v) is 13.7. The van der Waals surface area contributed by atoms with Gasteiger partial charge in [-0.1, -0.05) is 0 Å². The van der Waals surface area contributed by atoms with E-state index in [-0.39, 0.29) is 11.5 Å². The highest BCUT2D eigenvalue weighted by Gasteiger charge is 2.26. The minimum Gasteiger partial charge on any atom is -0.352 e. The number of carbonyl (C=O) groups excluding carboxylic acids is 2. The number of halogens is 2. The Labute approximate surface area is 138 Å². The van der Waals surface area contributed by atoms with Crippen molar-refractivity contribution in [1.82, 2.24) is 10.2 Å². The summed E-state index contributed by atoms with van der Waals surface area (Å²) in [6.07, 6.45) is 2.04. The van der Waals surface area contributed by atoms with E-state index >= 15 is 0 Å². The van der Waals surface area contributed by atoms with Crippen molar-refractivity contribution in [3.05, 3.63) is 29.8 Å². The predicted molar refractivity (Wildman–Crippen MR) is 82.4 cm³/mol. The summed E-state index contributed by atoms with van der Waals surface area (Å²) in [4.78, 5) is 24.6. The van der Waals surface area contributed by atoms with E-state index in [0.29, 0.717) is 25.9 Å². The van der Waals surface area contributed by atoms with Crippen LogP contribution in [0, 0.1) is 0 Å². The largest absolute Gasteiger partial charge is 0.352 e. The first-order valence-corrected chi connectivity index (χ1v) is 9.05. The Hall–Kier alpha value is -2.03. The fourth-order valence-electron chi connectivity index (χ4n) is 2.41.